The van der Waals surface area contributed by atoms with Crippen molar-refractivity contribution in [3.05, 3.63) is 42.0 Å². The number of ether oxygens (including phenoxy) is 1. The number of nitrogens with one attached hydrogen (secondary N) is 1. The first-order valence-electron chi connectivity index (χ1n) is 10.5. The molecule has 0 aliphatic carbocycles. The molecule has 0 spiro atoms. The molecule has 0 saturated carbocycles. The van der Waals surface area contributed by atoms with Crippen LogP contribution < -0.4 is 10.1 Å². The Bertz CT molecular complexity index is 915. The molecule has 2 atom stereocenters. The largest absolute Gasteiger partial charge is 0.507 e. The van der Waals surface area contributed by atoms with E-state index in [-0.39, 0.29) is 17.8 Å². The average molecular weight is 409 g/mol. The van der Waals surface area contributed by atoms with E-state index in [4.69, 9.17) is 4.74 Å². The lowest BCUT2D eigenvalue weighted by atomic mass is 9.85. The Kier molecular flexibility index (Phi) is 5.99. The summed E-state index contributed by atoms with van der Waals surface area (Å²) in [5.74, 6) is 0.492. The second kappa shape index (κ2) is 8.83. The van der Waals surface area contributed by atoms with Crippen LogP contribution >= 0.6 is 0 Å². The van der Waals surface area contributed by atoms with E-state index in [2.05, 4.69) is 15.5 Å². The molecule has 1 amide bonds. The molecule has 2 aromatic rings. The van der Waals surface area contributed by atoms with Gasteiger partial charge in [0.25, 0.3) is 0 Å². The van der Waals surface area contributed by atoms with Crippen molar-refractivity contribution in [2.75, 3.05) is 14.1 Å². The molecule has 2 aliphatic rings. The first-order valence-corrected chi connectivity index (χ1v) is 10.5. The third-order valence-corrected chi connectivity index (χ3v) is 5.76. The van der Waals surface area contributed by atoms with E-state index >= 15 is 0 Å². The van der Waals surface area contributed by atoms with Gasteiger partial charge in [0.2, 0.25) is 11.8 Å². The molecule has 30 heavy (non-hydrogen) atoms. The van der Waals surface area contributed by atoms with Gasteiger partial charge in [0.05, 0.1) is 5.69 Å². The van der Waals surface area contributed by atoms with Gasteiger partial charge in [0.1, 0.15) is 11.9 Å². The van der Waals surface area contributed by atoms with E-state index in [0.717, 1.165) is 18.4 Å². The fourth-order valence-corrected chi connectivity index (χ4v) is 4.19. The van der Waals surface area contributed by atoms with Crippen LogP contribution in [0.15, 0.2) is 36.4 Å². The van der Waals surface area contributed by atoms with Gasteiger partial charge in [-0.05, 0) is 55.5 Å². The van der Waals surface area contributed by atoms with Gasteiger partial charge in [-0.1, -0.05) is 12.5 Å². The maximum atomic E-state index is 11.7. The Morgan fingerprint density at radius 2 is 1.93 bits per heavy atom. The molecule has 7 nitrogen and oxygen atoms in total. The number of amides is 1. The molecule has 2 saturated heterocycles. The summed E-state index contributed by atoms with van der Waals surface area (Å²) in [5, 5.41) is 22.5. The number of carbonyl (C=O) groups is 1. The van der Waals surface area contributed by atoms with E-state index in [1.54, 1.807) is 32.3 Å². The number of aromatic hydroxyl groups is 1. The van der Waals surface area contributed by atoms with Crippen LogP contribution in [0.2, 0.25) is 0 Å². The first-order chi connectivity index (χ1) is 14.5. The van der Waals surface area contributed by atoms with Crippen LogP contribution in [-0.2, 0) is 4.79 Å². The summed E-state index contributed by atoms with van der Waals surface area (Å²) in [6, 6.07) is 9.92. The van der Waals surface area contributed by atoms with Crippen molar-refractivity contribution in [1.29, 1.82) is 0 Å². The van der Waals surface area contributed by atoms with Crippen molar-refractivity contribution >= 4 is 12.0 Å². The monoisotopic (exact) mass is 408 g/mol. The molecule has 2 aliphatic heterocycles. The van der Waals surface area contributed by atoms with Crippen molar-refractivity contribution in [2.45, 2.75) is 50.3 Å². The summed E-state index contributed by atoms with van der Waals surface area (Å²) in [6.45, 7) is 0. The van der Waals surface area contributed by atoms with Gasteiger partial charge in [0, 0.05) is 43.9 Å². The zero-order valence-electron chi connectivity index (χ0n) is 17.4. The smallest absolute Gasteiger partial charge is 0.246 e. The fourth-order valence-electron chi connectivity index (χ4n) is 4.19. The van der Waals surface area contributed by atoms with Crippen molar-refractivity contribution in [2.24, 2.45) is 0 Å². The normalized spacial score (nSPS) is 23.3. The van der Waals surface area contributed by atoms with Gasteiger partial charge in [-0.25, -0.2) is 0 Å². The molecule has 4 rings (SSSR count). The van der Waals surface area contributed by atoms with Crippen molar-refractivity contribution in [1.82, 2.24) is 20.4 Å². The number of benzene rings is 1. The molecule has 7 heteroatoms. The molecule has 0 radical (unpaired) electrons. The predicted molar refractivity (Wildman–Crippen MR) is 115 cm³/mol. The van der Waals surface area contributed by atoms with Crippen LogP contribution in [0.25, 0.3) is 17.3 Å². The van der Waals surface area contributed by atoms with Crippen LogP contribution in [0.4, 0.5) is 0 Å². The van der Waals surface area contributed by atoms with Crippen molar-refractivity contribution < 1.29 is 14.6 Å². The summed E-state index contributed by atoms with van der Waals surface area (Å²) >= 11 is 0. The first kappa shape index (κ1) is 20.3. The zero-order valence-corrected chi connectivity index (χ0v) is 17.4. The van der Waals surface area contributed by atoms with Gasteiger partial charge in [-0.15, -0.1) is 10.2 Å². The maximum Gasteiger partial charge on any atom is 0.246 e. The molecule has 3 heterocycles. The highest BCUT2D eigenvalue weighted by atomic mass is 16.5. The minimum absolute atomic E-state index is 0.0867. The molecule has 1 aromatic heterocycles. The van der Waals surface area contributed by atoms with E-state index < -0.39 is 0 Å². The molecule has 2 unspecified atom stereocenters. The van der Waals surface area contributed by atoms with Crippen LogP contribution in [0.1, 0.15) is 37.7 Å². The maximum absolute atomic E-state index is 11.7. The minimum atomic E-state index is -0.114. The predicted octanol–water partition coefficient (Wildman–Crippen LogP) is 3.00. The summed E-state index contributed by atoms with van der Waals surface area (Å²) in [7, 11) is 3.38. The highest BCUT2D eigenvalue weighted by Gasteiger charge is 2.32. The van der Waals surface area contributed by atoms with E-state index in [1.807, 2.05) is 18.2 Å². The van der Waals surface area contributed by atoms with Crippen molar-refractivity contribution in [3.63, 3.8) is 0 Å². The standard InChI is InChI=1S/C23H28N4O3/c1-27(2)23(29)11-7-15-6-8-19(21(28)12-15)20-9-10-22(26-25-20)30-18-13-16-4-3-5-17(14-18)24-16/h6-12,16-18,24,28H,3-5,13-14H2,1-2H3/b11-7+. The second-order valence-corrected chi connectivity index (χ2v) is 8.30. The van der Waals surface area contributed by atoms with Crippen LogP contribution in [-0.4, -0.2) is 58.4 Å². The lowest BCUT2D eigenvalue weighted by Gasteiger charge is -2.39. The average Bonchev–Trinajstić information content (AvgIpc) is 2.72. The molecule has 2 fully saturated rings. The third kappa shape index (κ3) is 4.79. The zero-order chi connectivity index (χ0) is 21.1. The number of hydrogen-bond acceptors (Lipinski definition) is 6. The van der Waals surface area contributed by atoms with Gasteiger partial charge in [0.15, 0.2) is 0 Å². The number of nitrogens with zero attached hydrogens (tertiary/aromatic N) is 3. The van der Waals surface area contributed by atoms with Crippen LogP contribution in [0.5, 0.6) is 11.6 Å². The number of phenolic OH excluding ortho intramolecular Hbond substituents is 1. The molecule has 1 aromatic carbocycles. The summed E-state index contributed by atoms with van der Waals surface area (Å²) in [6.07, 6.45) is 9.05. The second-order valence-electron chi connectivity index (χ2n) is 8.30. The lowest BCUT2D eigenvalue weighted by molar-refractivity contribution is -0.123. The quantitative estimate of drug-likeness (QED) is 0.740. The van der Waals surface area contributed by atoms with Gasteiger partial charge in [-0.2, -0.15) is 0 Å². The Morgan fingerprint density at radius 1 is 1.17 bits per heavy atom. The Hall–Kier alpha value is -2.93. The van der Waals surface area contributed by atoms with Crippen molar-refractivity contribution in [3.8, 4) is 22.9 Å². The SMILES string of the molecule is CN(C)C(=O)/C=C/c1ccc(-c2ccc(OC3CC4CCCC(C3)N4)nn2)c(O)c1. The number of fused-ring (bicyclic) bond motifs is 2. The molecule has 2 N–H and O–H groups in total. The number of carbonyl (C=O) groups excluding carboxylic acids is 1. The highest BCUT2D eigenvalue weighted by molar-refractivity contribution is 5.91. The summed E-state index contributed by atoms with van der Waals surface area (Å²) in [5.41, 5.74) is 1.89. The molecule has 2 bridgehead atoms. The van der Waals surface area contributed by atoms with Gasteiger partial charge < -0.3 is 20.1 Å². The number of piperidine rings is 2. The number of phenols is 1. The topological polar surface area (TPSA) is 87.6 Å². The minimum Gasteiger partial charge on any atom is -0.507 e. The number of aromatic nitrogens is 2. The van der Waals surface area contributed by atoms with E-state index in [1.165, 1.54) is 30.2 Å². The lowest BCUT2D eigenvalue weighted by Crippen LogP contribution is -2.51. The van der Waals surface area contributed by atoms with E-state index in [0.29, 0.717) is 29.2 Å². The van der Waals surface area contributed by atoms with Crippen LogP contribution in [0.3, 0.4) is 0 Å². The number of hydrogen-bond donors (Lipinski definition) is 2. The van der Waals surface area contributed by atoms with Crippen LogP contribution in [0, 0.1) is 0 Å². The number of rotatable bonds is 5. The highest BCUT2D eigenvalue weighted by Crippen LogP contribution is 2.31. The van der Waals surface area contributed by atoms with Gasteiger partial charge in [-0.3, -0.25) is 4.79 Å². The van der Waals surface area contributed by atoms with E-state index in [9.17, 15) is 9.90 Å². The Morgan fingerprint density at radius 3 is 2.57 bits per heavy atom. The molecular formula is C23H28N4O3. The Balaban J connectivity index is 1.42. The molecular weight excluding hydrogens is 380 g/mol. The third-order valence-electron chi connectivity index (χ3n) is 5.76. The summed E-state index contributed by atoms with van der Waals surface area (Å²) in [4.78, 5) is 13.1. The van der Waals surface area contributed by atoms with Gasteiger partial charge >= 0.3 is 0 Å². The number of likely N-dealkylation sites (N-methyl/N-ethyl adjacent to an activating group) is 1. The fraction of sp³-hybridized carbons (Fsp3) is 0.435. The molecule has 158 valence electrons. The Labute approximate surface area is 176 Å². The summed E-state index contributed by atoms with van der Waals surface area (Å²) < 4.78 is 6.08.